The molecule has 0 radical (unpaired) electrons. The highest BCUT2D eigenvalue weighted by molar-refractivity contribution is 9.10. The van der Waals surface area contributed by atoms with E-state index in [4.69, 9.17) is 4.52 Å². The molecule has 0 amide bonds. The first-order valence-electron chi connectivity index (χ1n) is 6.97. The van der Waals surface area contributed by atoms with Gasteiger partial charge in [0.1, 0.15) is 5.82 Å². The summed E-state index contributed by atoms with van der Waals surface area (Å²) < 4.78 is 20.8. The van der Waals surface area contributed by atoms with Crippen molar-refractivity contribution in [2.45, 2.75) is 19.4 Å². The van der Waals surface area contributed by atoms with Crippen molar-refractivity contribution in [3.05, 3.63) is 80.5 Å². The quantitative estimate of drug-likeness (QED) is 0.699. The third-order valence-corrected chi connectivity index (χ3v) is 4.15. The smallest absolute Gasteiger partial charge is 0.250 e. The maximum absolute atomic E-state index is 13.6. The van der Waals surface area contributed by atoms with E-state index in [1.54, 1.807) is 30.5 Å². The van der Waals surface area contributed by atoms with Gasteiger partial charge in [0.25, 0.3) is 5.56 Å². The molecule has 118 valence electrons. The highest BCUT2D eigenvalue weighted by Gasteiger charge is 2.17. The number of hydrogen-bond donors (Lipinski definition) is 0. The minimum atomic E-state index is -0.343. The topological polar surface area (TPSA) is 60.9 Å². The van der Waals surface area contributed by atoms with Crippen molar-refractivity contribution in [2.75, 3.05) is 0 Å². The van der Waals surface area contributed by atoms with Crippen LogP contribution in [0.25, 0.3) is 0 Å². The second kappa shape index (κ2) is 6.45. The standard InChI is InChI=1S/C16H13BrFN3O2/c1-10(11-5-6-12(17)13(18)8-11)16-19-14(20-23-16)9-21-7-3-2-4-15(21)22/h2-8,10H,9H2,1H3/t10-/m0/s1. The van der Waals surface area contributed by atoms with E-state index >= 15 is 0 Å². The Labute approximate surface area is 139 Å². The molecule has 0 spiro atoms. The van der Waals surface area contributed by atoms with Crippen LogP contribution in [0.2, 0.25) is 0 Å². The zero-order valence-corrected chi connectivity index (χ0v) is 13.8. The van der Waals surface area contributed by atoms with Crippen LogP contribution in [-0.4, -0.2) is 14.7 Å². The van der Waals surface area contributed by atoms with E-state index in [1.165, 1.54) is 16.7 Å². The summed E-state index contributed by atoms with van der Waals surface area (Å²) in [5.41, 5.74) is 0.597. The van der Waals surface area contributed by atoms with Gasteiger partial charge >= 0.3 is 0 Å². The lowest BCUT2D eigenvalue weighted by molar-refractivity contribution is 0.364. The zero-order valence-electron chi connectivity index (χ0n) is 12.2. The average molecular weight is 378 g/mol. The van der Waals surface area contributed by atoms with Crippen LogP contribution in [0, 0.1) is 5.82 Å². The van der Waals surface area contributed by atoms with Gasteiger partial charge in [0.15, 0.2) is 5.82 Å². The first kappa shape index (κ1) is 15.6. The fourth-order valence-electron chi connectivity index (χ4n) is 2.18. The Morgan fingerprint density at radius 1 is 1.35 bits per heavy atom. The number of halogens is 2. The van der Waals surface area contributed by atoms with E-state index in [9.17, 15) is 9.18 Å². The van der Waals surface area contributed by atoms with Crippen LogP contribution in [0.5, 0.6) is 0 Å². The summed E-state index contributed by atoms with van der Waals surface area (Å²) in [6.45, 7) is 2.08. The van der Waals surface area contributed by atoms with Crippen molar-refractivity contribution in [2.24, 2.45) is 0 Å². The van der Waals surface area contributed by atoms with E-state index in [0.29, 0.717) is 16.2 Å². The molecule has 0 aliphatic rings. The molecule has 3 aromatic rings. The van der Waals surface area contributed by atoms with Crippen LogP contribution in [0.4, 0.5) is 4.39 Å². The monoisotopic (exact) mass is 377 g/mol. The van der Waals surface area contributed by atoms with Gasteiger partial charge in [-0.3, -0.25) is 4.79 Å². The lowest BCUT2D eigenvalue weighted by atomic mass is 10.0. The summed E-state index contributed by atoms with van der Waals surface area (Å²) >= 11 is 3.12. The molecule has 2 aromatic heterocycles. The Kier molecular flexibility index (Phi) is 4.38. The van der Waals surface area contributed by atoms with Crippen molar-refractivity contribution in [1.82, 2.24) is 14.7 Å². The summed E-state index contributed by atoms with van der Waals surface area (Å²) in [7, 11) is 0. The van der Waals surface area contributed by atoms with E-state index in [0.717, 1.165) is 5.56 Å². The van der Waals surface area contributed by atoms with Gasteiger partial charge < -0.3 is 9.09 Å². The zero-order chi connectivity index (χ0) is 16.4. The van der Waals surface area contributed by atoms with Crippen molar-refractivity contribution < 1.29 is 8.91 Å². The fraction of sp³-hybridized carbons (Fsp3) is 0.188. The molecule has 23 heavy (non-hydrogen) atoms. The SMILES string of the molecule is C[C@@H](c1ccc(Br)c(F)c1)c1nc(Cn2ccccc2=O)no1. The molecule has 3 rings (SSSR count). The number of hydrogen-bond acceptors (Lipinski definition) is 4. The molecule has 0 bridgehead atoms. The van der Waals surface area contributed by atoms with Crippen molar-refractivity contribution in [3.8, 4) is 0 Å². The maximum atomic E-state index is 13.6. The lowest BCUT2D eigenvalue weighted by Crippen LogP contribution is -2.18. The minimum absolute atomic E-state index is 0.137. The third kappa shape index (κ3) is 3.39. The molecule has 7 heteroatoms. The summed E-state index contributed by atoms with van der Waals surface area (Å²) in [6.07, 6.45) is 1.66. The normalized spacial score (nSPS) is 12.3. The molecule has 5 nitrogen and oxygen atoms in total. The number of rotatable bonds is 4. The van der Waals surface area contributed by atoms with Gasteiger partial charge in [0.05, 0.1) is 16.9 Å². The van der Waals surface area contributed by atoms with Crippen LogP contribution < -0.4 is 5.56 Å². The number of benzene rings is 1. The van der Waals surface area contributed by atoms with Gasteiger partial charge in [-0.1, -0.05) is 17.3 Å². The van der Waals surface area contributed by atoms with E-state index in [-0.39, 0.29) is 23.8 Å². The third-order valence-electron chi connectivity index (χ3n) is 3.51. The summed E-state index contributed by atoms with van der Waals surface area (Å²) in [4.78, 5) is 16.0. The first-order valence-corrected chi connectivity index (χ1v) is 7.77. The molecule has 0 unspecified atom stereocenters. The van der Waals surface area contributed by atoms with Gasteiger partial charge in [-0.15, -0.1) is 0 Å². The van der Waals surface area contributed by atoms with E-state index in [1.807, 2.05) is 6.92 Å². The Bertz CT molecular complexity index is 891. The van der Waals surface area contributed by atoms with Gasteiger partial charge in [0.2, 0.25) is 5.89 Å². The predicted molar refractivity (Wildman–Crippen MR) is 85.7 cm³/mol. The number of aromatic nitrogens is 3. The Morgan fingerprint density at radius 3 is 2.91 bits per heavy atom. The summed E-state index contributed by atoms with van der Waals surface area (Å²) in [5, 5.41) is 3.89. The average Bonchev–Trinajstić information content (AvgIpc) is 3.00. The van der Waals surface area contributed by atoms with Crippen LogP contribution in [-0.2, 0) is 6.54 Å². The molecule has 0 fully saturated rings. The van der Waals surface area contributed by atoms with Crippen LogP contribution in [0.3, 0.4) is 0 Å². The van der Waals surface area contributed by atoms with Gasteiger partial charge in [-0.25, -0.2) is 4.39 Å². The minimum Gasteiger partial charge on any atom is -0.339 e. The molecule has 0 N–H and O–H groups in total. The molecule has 0 saturated heterocycles. The van der Waals surface area contributed by atoms with Crippen molar-refractivity contribution in [3.63, 3.8) is 0 Å². The van der Waals surface area contributed by atoms with Gasteiger partial charge in [0, 0.05) is 12.3 Å². The molecular formula is C16H13BrFN3O2. The second-order valence-electron chi connectivity index (χ2n) is 5.11. The highest BCUT2D eigenvalue weighted by Crippen LogP contribution is 2.26. The summed E-state index contributed by atoms with van der Waals surface area (Å²) in [5.74, 6) is 0.194. The molecule has 0 saturated carbocycles. The van der Waals surface area contributed by atoms with Gasteiger partial charge in [-0.2, -0.15) is 4.98 Å². The van der Waals surface area contributed by atoms with Gasteiger partial charge in [-0.05, 0) is 46.6 Å². The molecule has 0 aliphatic carbocycles. The van der Waals surface area contributed by atoms with Crippen molar-refractivity contribution >= 4 is 15.9 Å². The number of nitrogens with zero attached hydrogens (tertiary/aromatic N) is 3. The van der Waals surface area contributed by atoms with Crippen molar-refractivity contribution in [1.29, 1.82) is 0 Å². The largest absolute Gasteiger partial charge is 0.339 e. The Balaban J connectivity index is 1.82. The molecule has 1 aromatic carbocycles. The first-order chi connectivity index (χ1) is 11.0. The maximum Gasteiger partial charge on any atom is 0.250 e. The summed E-state index contributed by atoms with van der Waals surface area (Å²) in [6, 6.07) is 9.76. The molecular weight excluding hydrogens is 365 g/mol. The molecule has 0 aliphatic heterocycles. The highest BCUT2D eigenvalue weighted by atomic mass is 79.9. The van der Waals surface area contributed by atoms with Crippen LogP contribution in [0.1, 0.15) is 30.1 Å². The fourth-order valence-corrected chi connectivity index (χ4v) is 2.42. The van der Waals surface area contributed by atoms with Crippen LogP contribution >= 0.6 is 15.9 Å². The van der Waals surface area contributed by atoms with E-state index < -0.39 is 0 Å². The lowest BCUT2D eigenvalue weighted by Gasteiger charge is -2.07. The Morgan fingerprint density at radius 2 is 2.17 bits per heavy atom. The Hall–Kier alpha value is -2.28. The van der Waals surface area contributed by atoms with Crippen LogP contribution in [0.15, 0.2) is 56.4 Å². The van der Waals surface area contributed by atoms with E-state index in [2.05, 4.69) is 26.1 Å². The predicted octanol–water partition coefficient (Wildman–Crippen LogP) is 3.33. The second-order valence-corrected chi connectivity index (χ2v) is 5.97. The molecule has 1 atom stereocenters. The number of pyridine rings is 1. The molecule has 2 heterocycles.